The summed E-state index contributed by atoms with van der Waals surface area (Å²) in [4.78, 5) is 0.824. The summed E-state index contributed by atoms with van der Waals surface area (Å²) in [6.45, 7) is 2.02. The quantitative estimate of drug-likeness (QED) is 0.895. The van der Waals surface area contributed by atoms with Crippen LogP contribution in [-0.4, -0.2) is 5.11 Å². The maximum Gasteiger partial charge on any atom is 0.129 e. The highest BCUT2D eigenvalue weighted by Crippen LogP contribution is 2.32. The van der Waals surface area contributed by atoms with Crippen LogP contribution in [0.3, 0.4) is 0 Å². The van der Waals surface area contributed by atoms with Gasteiger partial charge in [0.15, 0.2) is 0 Å². The van der Waals surface area contributed by atoms with Crippen LogP contribution in [0.2, 0.25) is 0 Å². The van der Waals surface area contributed by atoms with E-state index < -0.39 is 6.10 Å². The fourth-order valence-corrected chi connectivity index (χ4v) is 3.12. The van der Waals surface area contributed by atoms with Gasteiger partial charge in [0, 0.05) is 14.9 Å². The van der Waals surface area contributed by atoms with Gasteiger partial charge < -0.3 is 5.11 Å². The van der Waals surface area contributed by atoms with Gasteiger partial charge in [0.25, 0.3) is 0 Å². The monoisotopic (exact) mass is 314 g/mol. The van der Waals surface area contributed by atoms with Gasteiger partial charge in [-0.15, -0.1) is 11.3 Å². The minimum Gasteiger partial charge on any atom is -0.383 e. The number of benzene rings is 1. The van der Waals surface area contributed by atoms with E-state index in [0.29, 0.717) is 5.56 Å². The van der Waals surface area contributed by atoms with Gasteiger partial charge in [-0.1, -0.05) is 22.9 Å². The zero-order valence-corrected chi connectivity index (χ0v) is 11.7. The van der Waals surface area contributed by atoms with Crippen molar-refractivity contribution in [1.82, 2.24) is 0 Å². The van der Waals surface area contributed by atoms with E-state index >= 15 is 0 Å². The lowest BCUT2D eigenvalue weighted by molar-refractivity contribution is 0.217. The topological polar surface area (TPSA) is 20.2 Å². The maximum absolute atomic E-state index is 13.7. The third-order valence-corrected chi connectivity index (χ3v) is 4.17. The number of hydrogen-bond acceptors (Lipinski definition) is 2. The predicted molar refractivity (Wildman–Crippen MR) is 71.9 cm³/mol. The lowest BCUT2D eigenvalue weighted by Gasteiger charge is -2.12. The molecule has 0 amide bonds. The molecule has 0 bridgehead atoms. The molecule has 1 atom stereocenters. The minimum absolute atomic E-state index is 0.316. The summed E-state index contributed by atoms with van der Waals surface area (Å²) < 4.78 is 14.4. The molecular formula is C13H12BrFOS. The van der Waals surface area contributed by atoms with E-state index in [1.807, 2.05) is 18.4 Å². The molecule has 0 saturated heterocycles. The third-order valence-electron chi connectivity index (χ3n) is 2.66. The molecule has 0 aliphatic heterocycles. The first-order valence-corrected chi connectivity index (χ1v) is 7.00. The van der Waals surface area contributed by atoms with Crippen molar-refractivity contribution in [3.05, 3.63) is 55.9 Å². The van der Waals surface area contributed by atoms with E-state index in [4.69, 9.17) is 0 Å². The van der Waals surface area contributed by atoms with Gasteiger partial charge in [-0.3, -0.25) is 0 Å². The Morgan fingerprint density at radius 1 is 1.41 bits per heavy atom. The SMILES string of the molecule is CCc1ccsc1C(O)c1cc(Br)ccc1F. The fourth-order valence-electron chi connectivity index (χ4n) is 1.74. The van der Waals surface area contributed by atoms with E-state index in [-0.39, 0.29) is 5.82 Å². The van der Waals surface area contributed by atoms with Gasteiger partial charge in [0.2, 0.25) is 0 Å². The van der Waals surface area contributed by atoms with Crippen molar-refractivity contribution in [2.75, 3.05) is 0 Å². The van der Waals surface area contributed by atoms with Crippen molar-refractivity contribution < 1.29 is 9.50 Å². The van der Waals surface area contributed by atoms with Gasteiger partial charge in [-0.05, 0) is 41.6 Å². The molecule has 17 heavy (non-hydrogen) atoms. The van der Waals surface area contributed by atoms with Crippen molar-refractivity contribution in [2.24, 2.45) is 0 Å². The summed E-state index contributed by atoms with van der Waals surface area (Å²) in [5.41, 5.74) is 1.39. The van der Waals surface area contributed by atoms with Crippen molar-refractivity contribution in [3.8, 4) is 0 Å². The largest absolute Gasteiger partial charge is 0.383 e. The van der Waals surface area contributed by atoms with Crippen molar-refractivity contribution in [2.45, 2.75) is 19.4 Å². The van der Waals surface area contributed by atoms with E-state index in [1.54, 1.807) is 12.1 Å². The van der Waals surface area contributed by atoms with E-state index in [1.165, 1.54) is 17.4 Å². The molecule has 0 fully saturated rings. The average molecular weight is 315 g/mol. The predicted octanol–water partition coefficient (Wildman–Crippen LogP) is 4.29. The average Bonchev–Trinajstić information content (AvgIpc) is 2.79. The molecule has 1 aromatic heterocycles. The third kappa shape index (κ3) is 2.59. The van der Waals surface area contributed by atoms with Crippen molar-refractivity contribution in [3.63, 3.8) is 0 Å². The second kappa shape index (κ2) is 5.29. The minimum atomic E-state index is -0.887. The molecule has 1 N–H and O–H groups in total. The molecule has 0 saturated carbocycles. The van der Waals surface area contributed by atoms with Crippen LogP contribution in [0, 0.1) is 5.82 Å². The molecule has 2 rings (SSSR count). The van der Waals surface area contributed by atoms with Crippen LogP contribution in [0.5, 0.6) is 0 Å². The molecule has 1 heterocycles. The van der Waals surface area contributed by atoms with Crippen molar-refractivity contribution >= 4 is 27.3 Å². The summed E-state index contributed by atoms with van der Waals surface area (Å²) in [6.07, 6.45) is -0.0478. The number of halogens is 2. The van der Waals surface area contributed by atoms with Gasteiger partial charge in [-0.25, -0.2) is 4.39 Å². The first kappa shape index (κ1) is 12.7. The van der Waals surface area contributed by atoms with Crippen LogP contribution in [-0.2, 0) is 6.42 Å². The van der Waals surface area contributed by atoms with Crippen molar-refractivity contribution in [1.29, 1.82) is 0 Å². The molecule has 1 nitrogen and oxygen atoms in total. The molecule has 0 aliphatic carbocycles. The van der Waals surface area contributed by atoms with Crippen LogP contribution in [0.25, 0.3) is 0 Å². The Morgan fingerprint density at radius 2 is 2.18 bits per heavy atom. The van der Waals surface area contributed by atoms with Crippen LogP contribution >= 0.6 is 27.3 Å². The van der Waals surface area contributed by atoms with E-state index in [2.05, 4.69) is 15.9 Å². The van der Waals surface area contributed by atoms with E-state index in [0.717, 1.165) is 21.3 Å². The molecule has 0 radical (unpaired) electrons. The molecule has 0 spiro atoms. The number of rotatable bonds is 3. The van der Waals surface area contributed by atoms with E-state index in [9.17, 15) is 9.50 Å². The number of hydrogen-bond donors (Lipinski definition) is 1. The Kier molecular flexibility index (Phi) is 3.97. The molecule has 1 unspecified atom stereocenters. The molecule has 2 aromatic rings. The second-order valence-corrected chi connectivity index (χ2v) is 5.60. The van der Waals surface area contributed by atoms with Gasteiger partial charge in [0.05, 0.1) is 0 Å². The van der Waals surface area contributed by atoms with Crippen LogP contribution in [0.1, 0.15) is 29.0 Å². The smallest absolute Gasteiger partial charge is 0.129 e. The lowest BCUT2D eigenvalue weighted by atomic mass is 10.0. The maximum atomic E-state index is 13.7. The summed E-state index contributed by atoms with van der Waals surface area (Å²) in [5.74, 6) is -0.379. The number of aryl methyl sites for hydroxylation is 1. The highest BCUT2D eigenvalue weighted by molar-refractivity contribution is 9.10. The molecular weight excluding hydrogens is 303 g/mol. The normalized spacial score (nSPS) is 12.7. The molecule has 90 valence electrons. The Balaban J connectivity index is 2.43. The number of aliphatic hydroxyl groups is 1. The summed E-state index contributed by atoms with van der Waals surface area (Å²) in [6, 6.07) is 6.58. The van der Waals surface area contributed by atoms with Gasteiger partial charge in [-0.2, -0.15) is 0 Å². The Bertz CT molecular complexity index is 524. The fraction of sp³-hybridized carbons (Fsp3) is 0.231. The molecule has 0 aliphatic rings. The van der Waals surface area contributed by atoms with Gasteiger partial charge >= 0.3 is 0 Å². The lowest BCUT2D eigenvalue weighted by Crippen LogP contribution is -2.03. The number of aliphatic hydroxyl groups excluding tert-OH is 1. The zero-order valence-electron chi connectivity index (χ0n) is 9.28. The van der Waals surface area contributed by atoms with Gasteiger partial charge in [0.1, 0.15) is 11.9 Å². The standard InChI is InChI=1S/C13H12BrFOS/c1-2-8-5-6-17-13(8)12(16)10-7-9(14)3-4-11(10)15/h3-7,12,16H,2H2,1H3. The van der Waals surface area contributed by atoms with Crippen LogP contribution in [0.15, 0.2) is 34.1 Å². The Labute approximate surface area is 112 Å². The first-order valence-electron chi connectivity index (χ1n) is 5.32. The summed E-state index contributed by atoms with van der Waals surface area (Å²) >= 11 is 4.75. The summed E-state index contributed by atoms with van der Waals surface area (Å²) in [5, 5.41) is 12.2. The highest BCUT2D eigenvalue weighted by atomic mass is 79.9. The molecule has 1 aromatic carbocycles. The second-order valence-electron chi connectivity index (χ2n) is 3.73. The Hall–Kier alpha value is -0.710. The molecule has 4 heteroatoms. The van der Waals surface area contributed by atoms with Crippen LogP contribution in [0.4, 0.5) is 4.39 Å². The zero-order chi connectivity index (χ0) is 12.4. The highest BCUT2D eigenvalue weighted by Gasteiger charge is 2.19. The first-order chi connectivity index (χ1) is 8.13. The summed E-state index contributed by atoms with van der Waals surface area (Å²) in [7, 11) is 0. The Morgan fingerprint density at radius 3 is 2.88 bits per heavy atom. The van der Waals surface area contributed by atoms with Crippen LogP contribution < -0.4 is 0 Å². The number of thiophene rings is 1.